The lowest BCUT2D eigenvalue weighted by Crippen LogP contribution is -2.50. The van der Waals surface area contributed by atoms with Crippen LogP contribution in [0.25, 0.3) is 0 Å². The van der Waals surface area contributed by atoms with Gasteiger partial charge in [-0.3, -0.25) is 0 Å². The van der Waals surface area contributed by atoms with Gasteiger partial charge in [-0.1, -0.05) is 19.1 Å². The molecule has 1 aliphatic heterocycles. The first-order valence-electron chi connectivity index (χ1n) is 10.6. The van der Waals surface area contributed by atoms with E-state index < -0.39 is 0 Å². The molecule has 1 fully saturated rings. The van der Waals surface area contributed by atoms with E-state index in [2.05, 4.69) is 43.1 Å². The molecule has 4 rings (SSSR count). The van der Waals surface area contributed by atoms with Crippen molar-refractivity contribution in [3.05, 3.63) is 64.5 Å². The first-order chi connectivity index (χ1) is 15.9. The quantitative estimate of drug-likeness (QED) is 0.486. The van der Waals surface area contributed by atoms with Gasteiger partial charge in [-0.25, -0.2) is 19.7 Å². The number of piperazine rings is 1. The Morgan fingerprint density at radius 2 is 1.94 bits per heavy atom. The summed E-state index contributed by atoms with van der Waals surface area (Å²) in [5.41, 5.74) is 8.15. The van der Waals surface area contributed by atoms with Crippen molar-refractivity contribution in [2.24, 2.45) is 0 Å². The van der Waals surface area contributed by atoms with E-state index in [1.807, 2.05) is 36.1 Å². The summed E-state index contributed by atoms with van der Waals surface area (Å²) in [6, 6.07) is 11.2. The van der Waals surface area contributed by atoms with Crippen LogP contribution in [-0.4, -0.2) is 57.2 Å². The summed E-state index contributed by atoms with van der Waals surface area (Å²) in [5.74, 6) is 1.03. The van der Waals surface area contributed by atoms with E-state index in [9.17, 15) is 9.90 Å². The maximum Gasteiger partial charge on any atom is 0.321 e. The lowest BCUT2D eigenvalue weighted by molar-refractivity contribution is 0.208. The maximum absolute atomic E-state index is 12.4. The molecule has 0 unspecified atom stereocenters. The molecule has 9 nitrogen and oxygen atoms in total. The largest absolute Gasteiger partial charge is 0.504 e. The van der Waals surface area contributed by atoms with E-state index in [1.54, 1.807) is 29.4 Å². The molecule has 0 saturated carbocycles. The predicted molar refractivity (Wildman–Crippen MR) is 133 cm³/mol. The topological polar surface area (TPSA) is 120 Å². The van der Waals surface area contributed by atoms with Gasteiger partial charge in [0.15, 0.2) is 11.6 Å². The number of anilines is 3. The van der Waals surface area contributed by atoms with Gasteiger partial charge >= 0.3 is 6.03 Å². The Hall–Kier alpha value is -3.40. The summed E-state index contributed by atoms with van der Waals surface area (Å²) in [7, 11) is 0. The summed E-state index contributed by atoms with van der Waals surface area (Å²) in [5, 5.41) is 13.0. The molecule has 1 saturated heterocycles. The third-order valence-corrected chi connectivity index (χ3v) is 5.51. The number of hydrogen-bond acceptors (Lipinski definition) is 7. The molecule has 10 heteroatoms. The van der Waals surface area contributed by atoms with Gasteiger partial charge in [-0.15, -0.1) is 0 Å². The average molecular weight is 514 g/mol. The van der Waals surface area contributed by atoms with Gasteiger partial charge in [0.25, 0.3) is 0 Å². The molecule has 0 bridgehead atoms. The van der Waals surface area contributed by atoms with Crippen LogP contribution >= 0.6 is 15.9 Å². The van der Waals surface area contributed by atoms with Gasteiger partial charge in [0, 0.05) is 54.4 Å². The van der Waals surface area contributed by atoms with Crippen molar-refractivity contribution in [2.75, 3.05) is 42.1 Å². The molecule has 33 heavy (non-hydrogen) atoms. The highest BCUT2D eigenvalue weighted by molar-refractivity contribution is 9.10. The normalized spacial score (nSPS) is 13.2. The Morgan fingerprint density at radius 3 is 2.55 bits per heavy atom. The molecule has 0 atom stereocenters. The summed E-state index contributed by atoms with van der Waals surface area (Å²) in [6.45, 7) is 6.38. The van der Waals surface area contributed by atoms with Crippen LogP contribution in [0.3, 0.4) is 0 Å². The van der Waals surface area contributed by atoms with Gasteiger partial charge < -0.3 is 26.0 Å². The summed E-state index contributed by atoms with van der Waals surface area (Å²) < 4.78 is 0.737. The van der Waals surface area contributed by atoms with E-state index in [0.717, 1.165) is 22.3 Å². The number of benzene rings is 1. The summed E-state index contributed by atoms with van der Waals surface area (Å²) in [4.78, 5) is 28.0. The Morgan fingerprint density at radius 1 is 1.18 bits per heavy atom. The average Bonchev–Trinajstić information content (AvgIpc) is 2.80. The molecular formula is C23H28BrN7O2. The zero-order valence-corrected chi connectivity index (χ0v) is 20.3. The number of aromatic nitrogens is 3. The molecule has 0 aliphatic carbocycles. The Balaban J connectivity index is 0.000000323. The van der Waals surface area contributed by atoms with Crippen molar-refractivity contribution >= 4 is 39.4 Å². The molecule has 4 N–H and O–H groups in total. The number of carbonyl (C=O) groups is 1. The number of urea groups is 1. The molecule has 0 spiro atoms. The number of nitrogens with one attached hydrogen (secondary N) is 1. The second-order valence-electron chi connectivity index (χ2n) is 7.51. The molecule has 1 aromatic carbocycles. The smallest absolute Gasteiger partial charge is 0.321 e. The van der Waals surface area contributed by atoms with Gasteiger partial charge in [0.2, 0.25) is 5.95 Å². The van der Waals surface area contributed by atoms with Crippen molar-refractivity contribution in [1.29, 1.82) is 0 Å². The number of amides is 2. The molecule has 174 valence electrons. The number of nitrogens with two attached hydrogens (primary N) is 1. The van der Waals surface area contributed by atoms with Crippen molar-refractivity contribution in [1.82, 2.24) is 19.9 Å². The highest BCUT2D eigenvalue weighted by Gasteiger charge is 2.23. The van der Waals surface area contributed by atoms with Gasteiger partial charge in [0.1, 0.15) is 0 Å². The third kappa shape index (κ3) is 7.04. The number of pyridine rings is 1. The van der Waals surface area contributed by atoms with Crippen LogP contribution < -0.4 is 16.0 Å². The first kappa shape index (κ1) is 24.2. The van der Waals surface area contributed by atoms with Gasteiger partial charge in [0.05, 0.1) is 0 Å². The Labute approximate surface area is 201 Å². The zero-order valence-electron chi connectivity index (χ0n) is 18.7. The van der Waals surface area contributed by atoms with Gasteiger partial charge in [-0.2, -0.15) is 0 Å². The SMILES string of the molecule is CCc1cccc(NC(=O)N2CCN(c3ncc(Br)cc3O)CC2)c1.Cc1ccnc(N)n1. The monoisotopic (exact) mass is 513 g/mol. The van der Waals surface area contributed by atoms with E-state index >= 15 is 0 Å². The van der Waals surface area contributed by atoms with Crippen LogP contribution in [0.4, 0.5) is 22.2 Å². The highest BCUT2D eigenvalue weighted by Crippen LogP contribution is 2.28. The van der Waals surface area contributed by atoms with Crippen LogP contribution in [0.1, 0.15) is 18.2 Å². The van der Waals surface area contributed by atoms with Crippen molar-refractivity contribution in [3.8, 4) is 5.75 Å². The third-order valence-electron chi connectivity index (χ3n) is 5.08. The second-order valence-corrected chi connectivity index (χ2v) is 8.43. The standard InChI is InChI=1S/C18H21BrN4O2.C5H7N3/c1-2-13-4-3-5-15(10-13)21-18(25)23-8-6-22(7-9-23)17-16(24)11-14(19)12-20-17;1-4-2-3-7-5(6)8-4/h3-5,10-12,24H,2,6-9H2,1H3,(H,21,25);2-3H,1H3,(H2,6,7,8). The van der Waals surface area contributed by atoms with Gasteiger partial charge in [-0.05, 0) is 59.1 Å². The Kier molecular flexibility index (Phi) is 8.42. The summed E-state index contributed by atoms with van der Waals surface area (Å²) in [6.07, 6.45) is 4.23. The van der Waals surface area contributed by atoms with Crippen LogP contribution in [0.5, 0.6) is 5.75 Å². The number of nitrogen functional groups attached to an aromatic ring is 1. The lowest BCUT2D eigenvalue weighted by Gasteiger charge is -2.35. The molecule has 3 aromatic rings. The highest BCUT2D eigenvalue weighted by atomic mass is 79.9. The number of nitrogens with zero attached hydrogens (tertiary/aromatic N) is 5. The van der Waals surface area contributed by atoms with Crippen LogP contribution in [-0.2, 0) is 6.42 Å². The van der Waals surface area contributed by atoms with E-state index in [-0.39, 0.29) is 11.8 Å². The van der Waals surface area contributed by atoms with Crippen LogP contribution in [0.2, 0.25) is 0 Å². The molecule has 1 aliphatic rings. The Bertz CT molecular complexity index is 1070. The minimum atomic E-state index is -0.0964. The van der Waals surface area contributed by atoms with E-state index in [1.165, 1.54) is 5.56 Å². The van der Waals surface area contributed by atoms with E-state index in [4.69, 9.17) is 5.73 Å². The fourth-order valence-electron chi connectivity index (χ4n) is 3.33. The van der Waals surface area contributed by atoms with E-state index in [0.29, 0.717) is 37.9 Å². The second kappa shape index (κ2) is 11.5. The molecule has 2 aromatic heterocycles. The number of carbonyl (C=O) groups excluding carboxylic acids is 1. The number of aromatic hydroxyl groups is 1. The number of halogens is 1. The molecule has 0 radical (unpaired) electrons. The van der Waals surface area contributed by atoms with Crippen molar-refractivity contribution < 1.29 is 9.90 Å². The molecule has 3 heterocycles. The summed E-state index contributed by atoms with van der Waals surface area (Å²) >= 11 is 3.29. The van der Waals surface area contributed by atoms with Crippen LogP contribution in [0.15, 0.2) is 53.3 Å². The lowest BCUT2D eigenvalue weighted by atomic mass is 10.1. The number of rotatable bonds is 3. The molecular weight excluding hydrogens is 486 g/mol. The predicted octanol–water partition coefficient (Wildman–Crippen LogP) is 3.83. The minimum Gasteiger partial charge on any atom is -0.504 e. The fourth-order valence-corrected chi connectivity index (χ4v) is 3.65. The number of aryl methyl sites for hydroxylation is 2. The number of hydrogen-bond donors (Lipinski definition) is 3. The minimum absolute atomic E-state index is 0.0964. The first-order valence-corrected chi connectivity index (χ1v) is 11.4. The zero-order chi connectivity index (χ0) is 23.8. The fraction of sp³-hybridized carbons (Fsp3) is 0.304. The van der Waals surface area contributed by atoms with Crippen molar-refractivity contribution in [2.45, 2.75) is 20.3 Å². The maximum atomic E-state index is 12.4. The molecule has 2 amide bonds. The van der Waals surface area contributed by atoms with Crippen LogP contribution in [0, 0.1) is 6.92 Å². The van der Waals surface area contributed by atoms with Crippen molar-refractivity contribution in [3.63, 3.8) is 0 Å².